The highest BCUT2D eigenvalue weighted by Gasteiger charge is 2.31. The largest absolute Gasteiger partial charge is 0.417 e. The minimum absolute atomic E-state index is 0.111. The van der Waals surface area contributed by atoms with Crippen molar-refractivity contribution in [2.24, 2.45) is 0 Å². The van der Waals surface area contributed by atoms with Crippen LogP contribution in [0.15, 0.2) is 35.4 Å². The number of nitrogens with one attached hydrogen (secondary N) is 1. The number of halogens is 5. The summed E-state index contributed by atoms with van der Waals surface area (Å²) in [4.78, 5) is 3.20. The smallest absolute Gasteiger partial charge is 0.377 e. The molecule has 3 rings (SSSR count). The molecule has 2 heterocycles. The van der Waals surface area contributed by atoms with Gasteiger partial charge in [-0.05, 0) is 36.8 Å². The van der Waals surface area contributed by atoms with Crippen LogP contribution in [-0.4, -0.2) is 26.6 Å². The van der Waals surface area contributed by atoms with Gasteiger partial charge in [-0.2, -0.15) is 13.2 Å². The highest BCUT2D eigenvalue weighted by Crippen LogP contribution is 2.31. The third-order valence-electron chi connectivity index (χ3n) is 3.04. The molecule has 0 spiro atoms. The lowest BCUT2D eigenvalue weighted by Gasteiger charge is -2.11. The molecule has 1 fully saturated rings. The lowest BCUT2D eigenvalue weighted by molar-refractivity contribution is -0.137. The van der Waals surface area contributed by atoms with Crippen molar-refractivity contribution in [1.29, 1.82) is 0 Å². The van der Waals surface area contributed by atoms with Crippen molar-refractivity contribution in [3.63, 3.8) is 0 Å². The summed E-state index contributed by atoms with van der Waals surface area (Å²) in [5, 5.41) is 0.182. The molecule has 0 radical (unpaired) electrons. The first kappa shape index (κ1) is 20.8. The quantitative estimate of drug-likeness (QED) is 0.728. The molecule has 1 N–H and O–H groups in total. The molecule has 142 valence electrons. The van der Waals surface area contributed by atoms with E-state index in [1.807, 2.05) is 0 Å². The van der Waals surface area contributed by atoms with Crippen LogP contribution >= 0.6 is 23.2 Å². The number of alkyl halides is 3. The number of nitrogens with zero attached hydrogens (tertiary/aromatic N) is 1. The van der Waals surface area contributed by atoms with Crippen LogP contribution in [0.3, 0.4) is 0 Å². The lowest BCUT2D eigenvalue weighted by Crippen LogP contribution is -2.15. The Balaban J connectivity index is 0.000000732. The molecule has 1 aliphatic rings. The van der Waals surface area contributed by atoms with Crippen LogP contribution in [0.5, 0.6) is 0 Å². The highest BCUT2D eigenvalue weighted by molar-refractivity contribution is 7.92. The predicted octanol–water partition coefficient (Wildman–Crippen LogP) is 4.53. The van der Waals surface area contributed by atoms with E-state index in [1.165, 1.54) is 12.1 Å². The zero-order chi connectivity index (χ0) is 19.5. The Kier molecular flexibility index (Phi) is 6.38. The van der Waals surface area contributed by atoms with Crippen molar-refractivity contribution in [2.75, 3.05) is 17.9 Å². The fourth-order valence-corrected chi connectivity index (χ4v) is 3.49. The van der Waals surface area contributed by atoms with E-state index in [2.05, 4.69) is 14.4 Å². The average Bonchev–Trinajstić information content (AvgIpc) is 3.38. The van der Waals surface area contributed by atoms with Crippen molar-refractivity contribution >= 4 is 39.0 Å². The SMILES string of the molecule is C1CO1.Cc1cc(S(=O)(=O)Nc2ccc(C(F)(F)F)cn2)c(Cl)cc1Cl. The maximum absolute atomic E-state index is 12.4. The number of sulfonamides is 1. The number of epoxide rings is 1. The molecule has 0 bridgehead atoms. The molecule has 1 aromatic heterocycles. The number of hydrogen-bond acceptors (Lipinski definition) is 4. The molecule has 1 aromatic carbocycles. The van der Waals surface area contributed by atoms with Gasteiger partial charge in [-0.15, -0.1) is 0 Å². The molecular weight excluding hydrogens is 416 g/mol. The normalized spacial score (nSPS) is 13.6. The number of rotatable bonds is 3. The fourth-order valence-electron chi connectivity index (χ4n) is 1.65. The van der Waals surface area contributed by atoms with Crippen LogP contribution in [0, 0.1) is 6.92 Å². The van der Waals surface area contributed by atoms with Gasteiger partial charge in [0.05, 0.1) is 23.8 Å². The molecule has 0 amide bonds. The van der Waals surface area contributed by atoms with Gasteiger partial charge < -0.3 is 4.74 Å². The number of aryl methyl sites for hydroxylation is 1. The van der Waals surface area contributed by atoms with Crippen molar-refractivity contribution < 1.29 is 26.3 Å². The van der Waals surface area contributed by atoms with Crippen molar-refractivity contribution in [3.05, 3.63) is 51.6 Å². The van der Waals surface area contributed by atoms with Crippen LogP contribution in [-0.2, 0) is 20.9 Å². The van der Waals surface area contributed by atoms with Crippen LogP contribution in [0.25, 0.3) is 0 Å². The van der Waals surface area contributed by atoms with E-state index in [1.54, 1.807) is 6.92 Å². The molecule has 5 nitrogen and oxygen atoms in total. The van der Waals surface area contributed by atoms with Gasteiger partial charge in [-0.25, -0.2) is 13.4 Å². The van der Waals surface area contributed by atoms with Gasteiger partial charge in [0.25, 0.3) is 10.0 Å². The summed E-state index contributed by atoms with van der Waals surface area (Å²) < 4.78 is 68.4. The maximum Gasteiger partial charge on any atom is 0.417 e. The molecule has 11 heteroatoms. The zero-order valence-electron chi connectivity index (χ0n) is 13.3. The Morgan fingerprint density at radius 1 is 1.15 bits per heavy atom. The molecule has 0 aliphatic carbocycles. The molecule has 1 saturated heterocycles. The number of benzene rings is 1. The topological polar surface area (TPSA) is 71.6 Å². The minimum Gasteiger partial charge on any atom is -0.377 e. The molecule has 0 atom stereocenters. The van der Waals surface area contributed by atoms with Crippen LogP contribution in [0.4, 0.5) is 19.0 Å². The van der Waals surface area contributed by atoms with Gasteiger partial charge in [0, 0.05) is 11.2 Å². The second-order valence-electron chi connectivity index (χ2n) is 5.18. The maximum atomic E-state index is 12.4. The monoisotopic (exact) mass is 428 g/mol. The molecule has 2 aromatic rings. The first-order valence-electron chi connectivity index (χ1n) is 7.10. The summed E-state index contributed by atoms with van der Waals surface area (Å²) in [5.41, 5.74) is -0.502. The van der Waals surface area contributed by atoms with E-state index in [0.717, 1.165) is 25.3 Å². The standard InChI is InChI=1S/C13H9Cl2F3N2O2S.C2H4O/c1-7-4-11(10(15)5-9(7)14)23(21,22)20-12-3-2-8(6-19-12)13(16,17)18;1-2-3-1/h2-6H,1H3,(H,19,20);1-2H2. The summed E-state index contributed by atoms with van der Waals surface area (Å²) in [6.07, 6.45) is -4.02. The van der Waals surface area contributed by atoms with E-state index in [0.29, 0.717) is 16.8 Å². The van der Waals surface area contributed by atoms with E-state index < -0.39 is 21.8 Å². The van der Waals surface area contributed by atoms with Crippen LogP contribution in [0.2, 0.25) is 10.0 Å². The fraction of sp³-hybridized carbons (Fsp3) is 0.267. The van der Waals surface area contributed by atoms with Crippen LogP contribution < -0.4 is 4.72 Å². The number of hydrogen-bond donors (Lipinski definition) is 1. The molecular formula is C15H13Cl2F3N2O3S. The summed E-state index contributed by atoms with van der Waals surface area (Å²) in [7, 11) is -4.12. The second kappa shape index (κ2) is 7.99. The minimum atomic E-state index is -4.55. The second-order valence-corrected chi connectivity index (χ2v) is 7.64. The number of anilines is 1. The summed E-state index contributed by atoms with van der Waals surface area (Å²) in [6.45, 7) is 3.59. The Morgan fingerprint density at radius 2 is 1.77 bits per heavy atom. The van der Waals surface area contributed by atoms with Gasteiger partial charge in [0.1, 0.15) is 10.7 Å². The van der Waals surface area contributed by atoms with Crippen molar-refractivity contribution in [3.8, 4) is 0 Å². The van der Waals surface area contributed by atoms with E-state index in [9.17, 15) is 21.6 Å². The van der Waals surface area contributed by atoms with Gasteiger partial charge in [0.2, 0.25) is 0 Å². The van der Waals surface area contributed by atoms with Crippen molar-refractivity contribution in [2.45, 2.75) is 18.0 Å². The average molecular weight is 429 g/mol. The third kappa shape index (κ3) is 5.73. The van der Waals surface area contributed by atoms with Gasteiger partial charge in [0.15, 0.2) is 0 Å². The predicted molar refractivity (Wildman–Crippen MR) is 92.1 cm³/mol. The molecule has 26 heavy (non-hydrogen) atoms. The number of aromatic nitrogens is 1. The summed E-state index contributed by atoms with van der Waals surface area (Å²) in [6, 6.07) is 4.17. The first-order valence-corrected chi connectivity index (χ1v) is 9.34. The third-order valence-corrected chi connectivity index (χ3v) is 5.26. The Morgan fingerprint density at radius 3 is 2.23 bits per heavy atom. The first-order chi connectivity index (χ1) is 12.0. The Hall–Kier alpha value is -1.55. The summed E-state index contributed by atoms with van der Waals surface area (Å²) >= 11 is 11.7. The molecule has 0 saturated carbocycles. The van der Waals surface area contributed by atoms with E-state index >= 15 is 0 Å². The highest BCUT2D eigenvalue weighted by atomic mass is 35.5. The summed E-state index contributed by atoms with van der Waals surface area (Å²) in [5.74, 6) is -0.262. The van der Waals surface area contributed by atoms with Gasteiger partial charge in [-0.3, -0.25) is 4.72 Å². The van der Waals surface area contributed by atoms with Gasteiger partial charge >= 0.3 is 6.18 Å². The number of pyridine rings is 1. The van der Waals surface area contributed by atoms with Gasteiger partial charge in [-0.1, -0.05) is 23.2 Å². The lowest BCUT2D eigenvalue weighted by atomic mass is 10.2. The molecule has 1 aliphatic heterocycles. The molecule has 0 unspecified atom stereocenters. The van der Waals surface area contributed by atoms with Crippen LogP contribution in [0.1, 0.15) is 11.1 Å². The van der Waals surface area contributed by atoms with Crippen molar-refractivity contribution in [1.82, 2.24) is 4.98 Å². The zero-order valence-corrected chi connectivity index (χ0v) is 15.6. The van der Waals surface area contributed by atoms with E-state index in [-0.39, 0.29) is 15.7 Å². The Labute approximate surface area is 158 Å². The Bertz CT molecular complexity index is 883. The number of ether oxygens (including phenoxy) is 1. The van der Waals surface area contributed by atoms with E-state index in [4.69, 9.17) is 23.2 Å².